The van der Waals surface area contributed by atoms with Gasteiger partial charge < -0.3 is 26.0 Å². The SMILES string of the molecule is CN1CCC(NC(=O)NCC(=O)NCC(=O)O)C1=O. The lowest BCUT2D eigenvalue weighted by molar-refractivity contribution is -0.137. The van der Waals surface area contributed by atoms with E-state index < -0.39 is 30.5 Å². The summed E-state index contributed by atoms with van der Waals surface area (Å²) in [5.74, 6) is -1.96. The van der Waals surface area contributed by atoms with Crippen LogP contribution >= 0.6 is 0 Å². The highest BCUT2D eigenvalue weighted by atomic mass is 16.4. The average Bonchev–Trinajstić information content (AvgIpc) is 2.66. The lowest BCUT2D eigenvalue weighted by Crippen LogP contribution is -2.48. The van der Waals surface area contributed by atoms with Crippen molar-refractivity contribution >= 4 is 23.8 Å². The Morgan fingerprint density at radius 3 is 2.53 bits per heavy atom. The topological polar surface area (TPSA) is 128 Å². The zero-order valence-corrected chi connectivity index (χ0v) is 10.4. The standard InChI is InChI=1S/C10H16N4O5/c1-14-3-2-6(9(14)18)13-10(19)12-4-7(15)11-5-8(16)17/h6H,2-5H2,1H3,(H,11,15)(H,16,17)(H2,12,13,19). The number of carbonyl (C=O) groups excluding carboxylic acids is 3. The third-order valence-corrected chi connectivity index (χ3v) is 2.58. The van der Waals surface area contributed by atoms with Crippen LogP contribution in [0.4, 0.5) is 4.79 Å². The van der Waals surface area contributed by atoms with E-state index in [1.807, 2.05) is 0 Å². The van der Waals surface area contributed by atoms with Crippen molar-refractivity contribution in [2.24, 2.45) is 0 Å². The van der Waals surface area contributed by atoms with Crippen molar-refractivity contribution in [3.8, 4) is 0 Å². The van der Waals surface area contributed by atoms with Crippen LogP contribution < -0.4 is 16.0 Å². The van der Waals surface area contributed by atoms with E-state index in [9.17, 15) is 19.2 Å². The molecule has 1 atom stereocenters. The number of aliphatic carboxylic acids is 1. The molecule has 0 aliphatic carbocycles. The maximum Gasteiger partial charge on any atom is 0.322 e. The molecule has 4 amide bonds. The fourth-order valence-corrected chi connectivity index (χ4v) is 1.56. The van der Waals surface area contributed by atoms with Gasteiger partial charge in [0.1, 0.15) is 12.6 Å². The van der Waals surface area contributed by atoms with Gasteiger partial charge >= 0.3 is 12.0 Å². The summed E-state index contributed by atoms with van der Waals surface area (Å²) in [6, 6.07) is -1.22. The highest BCUT2D eigenvalue weighted by Crippen LogP contribution is 2.07. The lowest BCUT2D eigenvalue weighted by Gasteiger charge is -2.12. The number of hydrogen-bond acceptors (Lipinski definition) is 4. The van der Waals surface area contributed by atoms with Crippen LogP contribution in [-0.4, -0.2) is 66.5 Å². The molecule has 1 unspecified atom stereocenters. The van der Waals surface area contributed by atoms with Crippen LogP contribution in [0.5, 0.6) is 0 Å². The molecule has 1 fully saturated rings. The van der Waals surface area contributed by atoms with Crippen molar-refractivity contribution < 1.29 is 24.3 Å². The van der Waals surface area contributed by atoms with Crippen molar-refractivity contribution in [1.29, 1.82) is 0 Å². The summed E-state index contributed by atoms with van der Waals surface area (Å²) in [6.45, 7) is -0.285. The minimum Gasteiger partial charge on any atom is -0.480 e. The molecule has 106 valence electrons. The summed E-state index contributed by atoms with van der Waals surface area (Å²) < 4.78 is 0. The first-order chi connectivity index (χ1) is 8.90. The van der Waals surface area contributed by atoms with Crippen LogP contribution in [-0.2, 0) is 14.4 Å². The Balaban J connectivity index is 2.23. The molecule has 9 nitrogen and oxygen atoms in total. The molecule has 0 saturated carbocycles. The third-order valence-electron chi connectivity index (χ3n) is 2.58. The smallest absolute Gasteiger partial charge is 0.322 e. The van der Waals surface area contributed by atoms with E-state index >= 15 is 0 Å². The summed E-state index contributed by atoms with van der Waals surface area (Å²) in [5.41, 5.74) is 0. The molecule has 0 aromatic carbocycles. The van der Waals surface area contributed by atoms with E-state index in [1.54, 1.807) is 7.05 Å². The maximum atomic E-state index is 11.5. The molecular weight excluding hydrogens is 256 g/mol. The van der Waals surface area contributed by atoms with Gasteiger partial charge in [-0.05, 0) is 6.42 Å². The first kappa shape index (κ1) is 14.7. The summed E-state index contributed by atoms with van der Waals surface area (Å²) in [7, 11) is 1.64. The van der Waals surface area contributed by atoms with E-state index in [4.69, 9.17) is 5.11 Å². The van der Waals surface area contributed by atoms with Crippen molar-refractivity contribution in [2.75, 3.05) is 26.7 Å². The first-order valence-electron chi connectivity index (χ1n) is 5.68. The number of likely N-dealkylation sites (N-methyl/N-ethyl adjacent to an activating group) is 1. The van der Waals surface area contributed by atoms with Crippen LogP contribution in [0.1, 0.15) is 6.42 Å². The molecule has 1 rings (SSSR count). The van der Waals surface area contributed by atoms with Gasteiger partial charge in [-0.2, -0.15) is 0 Å². The molecule has 0 spiro atoms. The van der Waals surface area contributed by atoms with Crippen LogP contribution in [0.2, 0.25) is 0 Å². The number of likely N-dealkylation sites (tertiary alicyclic amines) is 1. The second kappa shape index (κ2) is 6.57. The third kappa shape index (κ3) is 4.82. The largest absolute Gasteiger partial charge is 0.480 e. The second-order valence-electron chi connectivity index (χ2n) is 4.10. The Morgan fingerprint density at radius 1 is 1.32 bits per heavy atom. The number of urea groups is 1. The van der Waals surface area contributed by atoms with Crippen LogP contribution in [0.25, 0.3) is 0 Å². The zero-order chi connectivity index (χ0) is 14.4. The van der Waals surface area contributed by atoms with E-state index in [0.29, 0.717) is 13.0 Å². The van der Waals surface area contributed by atoms with Gasteiger partial charge in [-0.1, -0.05) is 0 Å². The van der Waals surface area contributed by atoms with Crippen molar-refractivity contribution in [1.82, 2.24) is 20.9 Å². The number of carbonyl (C=O) groups is 4. The molecule has 1 aliphatic rings. The molecule has 9 heteroatoms. The molecule has 0 aromatic rings. The van der Waals surface area contributed by atoms with Gasteiger partial charge in [0.05, 0.1) is 6.54 Å². The zero-order valence-electron chi connectivity index (χ0n) is 10.4. The van der Waals surface area contributed by atoms with Crippen molar-refractivity contribution in [3.63, 3.8) is 0 Å². The van der Waals surface area contributed by atoms with E-state index in [-0.39, 0.29) is 12.5 Å². The molecular formula is C10H16N4O5. The number of rotatable bonds is 5. The highest BCUT2D eigenvalue weighted by molar-refractivity contribution is 5.90. The summed E-state index contributed by atoms with van der Waals surface area (Å²) in [5, 5.41) is 15.1. The van der Waals surface area contributed by atoms with E-state index in [2.05, 4.69) is 16.0 Å². The molecule has 1 heterocycles. The second-order valence-corrected chi connectivity index (χ2v) is 4.10. The molecule has 0 bridgehead atoms. The van der Waals surface area contributed by atoms with Gasteiger partial charge in [0.2, 0.25) is 11.8 Å². The molecule has 0 aromatic heterocycles. The Labute approximate surface area is 109 Å². The Morgan fingerprint density at radius 2 is 2.00 bits per heavy atom. The van der Waals surface area contributed by atoms with Gasteiger partial charge in [0.25, 0.3) is 0 Å². The molecule has 0 radical (unpaired) electrons. The van der Waals surface area contributed by atoms with Gasteiger partial charge in [0, 0.05) is 13.6 Å². The number of carboxylic acids is 1. The van der Waals surface area contributed by atoms with Gasteiger partial charge in [0.15, 0.2) is 0 Å². The predicted octanol–water partition coefficient (Wildman–Crippen LogP) is -2.28. The van der Waals surface area contributed by atoms with Gasteiger partial charge in [-0.25, -0.2) is 4.79 Å². The van der Waals surface area contributed by atoms with E-state index in [0.717, 1.165) is 0 Å². The lowest BCUT2D eigenvalue weighted by atomic mass is 10.2. The van der Waals surface area contributed by atoms with E-state index in [1.165, 1.54) is 4.90 Å². The number of amides is 4. The normalized spacial score (nSPS) is 18.1. The monoisotopic (exact) mass is 272 g/mol. The minimum absolute atomic E-state index is 0.175. The Hall–Kier alpha value is -2.32. The maximum absolute atomic E-state index is 11.5. The average molecular weight is 272 g/mol. The van der Waals surface area contributed by atoms with Crippen LogP contribution in [0, 0.1) is 0 Å². The first-order valence-corrected chi connectivity index (χ1v) is 5.68. The fourth-order valence-electron chi connectivity index (χ4n) is 1.56. The number of hydrogen-bond donors (Lipinski definition) is 4. The fraction of sp³-hybridized carbons (Fsp3) is 0.600. The molecule has 4 N–H and O–H groups in total. The quantitative estimate of drug-likeness (QED) is 0.448. The summed E-state index contributed by atoms with van der Waals surface area (Å²) in [6.07, 6.45) is 0.522. The number of nitrogens with one attached hydrogen (secondary N) is 3. The Bertz CT molecular complexity index is 397. The molecule has 1 saturated heterocycles. The van der Waals surface area contributed by atoms with Crippen molar-refractivity contribution in [3.05, 3.63) is 0 Å². The van der Waals surface area contributed by atoms with Crippen LogP contribution in [0.3, 0.4) is 0 Å². The number of carboxylic acid groups (broad SMARTS) is 1. The van der Waals surface area contributed by atoms with Gasteiger partial charge in [-0.3, -0.25) is 14.4 Å². The number of nitrogens with zero attached hydrogens (tertiary/aromatic N) is 1. The van der Waals surface area contributed by atoms with Crippen molar-refractivity contribution in [2.45, 2.75) is 12.5 Å². The molecule has 19 heavy (non-hydrogen) atoms. The minimum atomic E-state index is -1.17. The van der Waals surface area contributed by atoms with Gasteiger partial charge in [-0.15, -0.1) is 0 Å². The summed E-state index contributed by atoms with van der Waals surface area (Å²) in [4.78, 5) is 45.7. The predicted molar refractivity (Wildman–Crippen MR) is 63.2 cm³/mol. The highest BCUT2D eigenvalue weighted by Gasteiger charge is 2.30. The molecule has 1 aliphatic heterocycles. The van der Waals surface area contributed by atoms with Crippen LogP contribution in [0.15, 0.2) is 0 Å². The Kier molecular flexibility index (Phi) is 5.10. The summed E-state index contributed by atoms with van der Waals surface area (Å²) >= 11 is 0.